The van der Waals surface area contributed by atoms with E-state index in [-0.39, 0.29) is 17.6 Å². The minimum Gasteiger partial charge on any atom is -0.326 e. The number of nitrogens with zero attached hydrogens (tertiary/aromatic N) is 2. The number of amides is 1. The molecule has 2 aromatic heterocycles. The molecule has 1 aromatic carbocycles. The summed E-state index contributed by atoms with van der Waals surface area (Å²) in [6.45, 7) is 1.52. The number of ketones is 1. The lowest BCUT2D eigenvalue weighted by Crippen LogP contribution is -2.27. The number of pyridine rings is 1. The Labute approximate surface area is 161 Å². The number of Topliss-reactive ketones (excluding diaryl/α,β-unsaturated/α-hetero) is 1. The quantitative estimate of drug-likeness (QED) is 0.693. The van der Waals surface area contributed by atoms with Crippen molar-refractivity contribution < 1.29 is 9.59 Å². The van der Waals surface area contributed by atoms with Gasteiger partial charge >= 0.3 is 0 Å². The summed E-state index contributed by atoms with van der Waals surface area (Å²) in [5.74, 6) is -0.0915. The predicted molar refractivity (Wildman–Crippen MR) is 106 cm³/mol. The van der Waals surface area contributed by atoms with Crippen molar-refractivity contribution in [1.29, 1.82) is 0 Å². The maximum atomic E-state index is 12.7. The van der Waals surface area contributed by atoms with Crippen LogP contribution in [0.1, 0.15) is 34.3 Å². The molecule has 27 heavy (non-hydrogen) atoms. The molecule has 136 valence electrons. The van der Waals surface area contributed by atoms with Gasteiger partial charge < -0.3 is 5.32 Å². The molecule has 3 aromatic rings. The maximum Gasteiger partial charge on any atom is 0.227 e. The number of rotatable bonds is 4. The molecule has 0 saturated heterocycles. The van der Waals surface area contributed by atoms with Gasteiger partial charge in [0.15, 0.2) is 5.78 Å². The van der Waals surface area contributed by atoms with Crippen molar-refractivity contribution in [2.75, 3.05) is 5.32 Å². The van der Waals surface area contributed by atoms with Crippen molar-refractivity contribution in [1.82, 2.24) is 9.97 Å². The first-order valence-corrected chi connectivity index (χ1v) is 9.72. The van der Waals surface area contributed by atoms with Crippen molar-refractivity contribution in [3.05, 3.63) is 64.9 Å². The Morgan fingerprint density at radius 3 is 2.78 bits per heavy atom. The average molecular weight is 377 g/mol. The lowest BCUT2D eigenvalue weighted by molar-refractivity contribution is -0.120. The molecule has 0 spiro atoms. The molecule has 4 rings (SSSR count). The fourth-order valence-electron chi connectivity index (χ4n) is 3.28. The van der Waals surface area contributed by atoms with Gasteiger partial charge in [0.25, 0.3) is 0 Å². The molecule has 0 radical (unpaired) electrons. The van der Waals surface area contributed by atoms with E-state index >= 15 is 0 Å². The fraction of sp³-hybridized carbons (Fsp3) is 0.238. The highest BCUT2D eigenvalue weighted by Gasteiger charge is 2.27. The van der Waals surface area contributed by atoms with Gasteiger partial charge in [0.1, 0.15) is 5.01 Å². The molecule has 6 heteroatoms. The number of anilines is 1. The van der Waals surface area contributed by atoms with Crippen molar-refractivity contribution >= 4 is 28.7 Å². The first-order chi connectivity index (χ1) is 13.1. The van der Waals surface area contributed by atoms with Crippen LogP contribution in [0, 0.1) is 5.92 Å². The highest BCUT2D eigenvalue weighted by Crippen LogP contribution is 2.34. The van der Waals surface area contributed by atoms with Gasteiger partial charge in [-0.15, -0.1) is 11.3 Å². The predicted octanol–water partition coefficient (Wildman–Crippen LogP) is 4.15. The molecule has 1 aliphatic rings. The zero-order chi connectivity index (χ0) is 18.8. The monoisotopic (exact) mass is 377 g/mol. The summed E-state index contributed by atoms with van der Waals surface area (Å²) in [5.41, 5.74) is 3.43. The summed E-state index contributed by atoms with van der Waals surface area (Å²) < 4.78 is 0. The number of nitrogens with one attached hydrogen (secondary N) is 1. The number of aromatic nitrogens is 2. The largest absolute Gasteiger partial charge is 0.326 e. The summed E-state index contributed by atoms with van der Waals surface area (Å²) in [7, 11) is 0. The number of fused-ring (bicyclic) bond motifs is 1. The second-order valence-corrected chi connectivity index (χ2v) is 7.77. The molecular weight excluding hydrogens is 358 g/mol. The number of carbonyl (C=O) groups excluding carboxylic acids is 2. The van der Waals surface area contributed by atoms with E-state index < -0.39 is 0 Å². The zero-order valence-electron chi connectivity index (χ0n) is 14.9. The number of hydrogen-bond donors (Lipinski definition) is 1. The Kier molecular flexibility index (Phi) is 4.81. The van der Waals surface area contributed by atoms with Gasteiger partial charge in [-0.2, -0.15) is 0 Å². The molecule has 1 unspecified atom stereocenters. The van der Waals surface area contributed by atoms with Crippen LogP contribution in [0.4, 0.5) is 5.69 Å². The van der Waals surface area contributed by atoms with Crippen LogP contribution >= 0.6 is 11.3 Å². The van der Waals surface area contributed by atoms with Crippen LogP contribution in [-0.4, -0.2) is 21.7 Å². The van der Waals surface area contributed by atoms with Crippen LogP contribution in [0.3, 0.4) is 0 Å². The Bertz CT molecular complexity index is 998. The summed E-state index contributed by atoms with van der Waals surface area (Å²) in [6.07, 6.45) is 5.83. The van der Waals surface area contributed by atoms with Crippen molar-refractivity contribution in [2.45, 2.75) is 26.2 Å². The molecular formula is C21H19N3O2S. The van der Waals surface area contributed by atoms with Crippen LogP contribution in [0.25, 0.3) is 10.6 Å². The lowest BCUT2D eigenvalue weighted by atomic mass is 9.90. The standard InChI is InChI=1S/C21H19N3O2S/c1-13(25)15-3-2-4-17(11-15)23-20(26)16-5-6-18-19(12-16)27-21(24-18)14-7-9-22-10-8-14/h2-4,7-11,16H,5-6,12H2,1H3,(H,23,26). The second kappa shape index (κ2) is 7.40. The van der Waals surface area contributed by atoms with Gasteiger partial charge in [-0.1, -0.05) is 12.1 Å². The molecule has 1 atom stereocenters. The highest BCUT2D eigenvalue weighted by atomic mass is 32.1. The summed E-state index contributed by atoms with van der Waals surface area (Å²) >= 11 is 1.66. The topological polar surface area (TPSA) is 72.0 Å². The second-order valence-electron chi connectivity index (χ2n) is 6.69. The molecule has 0 saturated carbocycles. The van der Waals surface area contributed by atoms with Crippen LogP contribution in [0.5, 0.6) is 0 Å². The van der Waals surface area contributed by atoms with Crippen LogP contribution in [-0.2, 0) is 17.6 Å². The first kappa shape index (κ1) is 17.5. The van der Waals surface area contributed by atoms with Gasteiger partial charge in [0, 0.05) is 40.0 Å². The minimum absolute atomic E-state index is 0.000197. The van der Waals surface area contributed by atoms with E-state index in [1.807, 2.05) is 18.2 Å². The highest BCUT2D eigenvalue weighted by molar-refractivity contribution is 7.15. The van der Waals surface area contributed by atoms with E-state index in [0.717, 1.165) is 29.1 Å². The Hall–Kier alpha value is -2.86. The van der Waals surface area contributed by atoms with Crippen molar-refractivity contribution in [3.63, 3.8) is 0 Å². The van der Waals surface area contributed by atoms with Crippen molar-refractivity contribution in [2.24, 2.45) is 5.92 Å². The molecule has 0 fully saturated rings. The van der Waals surface area contributed by atoms with E-state index in [4.69, 9.17) is 4.98 Å². The lowest BCUT2D eigenvalue weighted by Gasteiger charge is -2.20. The average Bonchev–Trinajstić information content (AvgIpc) is 3.12. The molecule has 1 amide bonds. The summed E-state index contributed by atoms with van der Waals surface area (Å²) in [6, 6.07) is 11.0. The van der Waals surface area contributed by atoms with E-state index in [9.17, 15) is 9.59 Å². The van der Waals surface area contributed by atoms with Gasteiger partial charge in [-0.05, 0) is 50.5 Å². The maximum absolute atomic E-state index is 12.7. The number of benzene rings is 1. The van der Waals surface area contributed by atoms with E-state index in [1.54, 1.807) is 41.9 Å². The van der Waals surface area contributed by atoms with Gasteiger partial charge in [-0.25, -0.2) is 4.98 Å². The van der Waals surface area contributed by atoms with E-state index in [1.165, 1.54) is 11.8 Å². The number of aryl methyl sites for hydroxylation is 1. The normalized spacial score (nSPS) is 15.8. The van der Waals surface area contributed by atoms with Gasteiger partial charge in [0.2, 0.25) is 5.91 Å². The van der Waals surface area contributed by atoms with Gasteiger partial charge in [0.05, 0.1) is 5.69 Å². The number of carbonyl (C=O) groups is 2. The van der Waals surface area contributed by atoms with Gasteiger partial charge in [-0.3, -0.25) is 14.6 Å². The molecule has 0 bridgehead atoms. The third-order valence-electron chi connectivity index (χ3n) is 4.77. The zero-order valence-corrected chi connectivity index (χ0v) is 15.8. The van der Waals surface area contributed by atoms with E-state index in [0.29, 0.717) is 17.7 Å². The summed E-state index contributed by atoms with van der Waals surface area (Å²) in [4.78, 5) is 34.2. The third kappa shape index (κ3) is 3.80. The van der Waals surface area contributed by atoms with Crippen LogP contribution in [0.2, 0.25) is 0 Å². The molecule has 1 aliphatic carbocycles. The Balaban J connectivity index is 1.48. The number of hydrogen-bond acceptors (Lipinski definition) is 5. The smallest absolute Gasteiger partial charge is 0.227 e. The SMILES string of the molecule is CC(=O)c1cccc(NC(=O)C2CCc3nc(-c4ccncc4)sc3C2)c1. The molecule has 1 N–H and O–H groups in total. The first-order valence-electron chi connectivity index (χ1n) is 8.91. The Morgan fingerprint density at radius 1 is 1.19 bits per heavy atom. The van der Waals surface area contributed by atoms with Crippen molar-refractivity contribution in [3.8, 4) is 10.6 Å². The summed E-state index contributed by atoms with van der Waals surface area (Å²) in [5, 5.41) is 3.94. The molecule has 5 nitrogen and oxygen atoms in total. The fourth-order valence-corrected chi connectivity index (χ4v) is 4.47. The Morgan fingerprint density at radius 2 is 2.00 bits per heavy atom. The van der Waals surface area contributed by atoms with Crippen LogP contribution < -0.4 is 5.32 Å². The molecule has 0 aliphatic heterocycles. The number of thiazole rings is 1. The minimum atomic E-state index is -0.0794. The third-order valence-corrected chi connectivity index (χ3v) is 5.94. The van der Waals surface area contributed by atoms with Crippen LogP contribution in [0.15, 0.2) is 48.8 Å². The van der Waals surface area contributed by atoms with E-state index in [2.05, 4.69) is 10.3 Å². The molecule has 2 heterocycles.